The molecule has 0 amide bonds. The molecule has 0 aliphatic heterocycles. The molecule has 1 heterocycles. The second-order valence-corrected chi connectivity index (χ2v) is 7.71. The van der Waals surface area contributed by atoms with Crippen LogP contribution in [0, 0.1) is 6.07 Å². The molecule has 0 bridgehead atoms. The number of aromatic nitrogens is 2. The summed E-state index contributed by atoms with van der Waals surface area (Å²) in [6.07, 6.45) is 2.21. The van der Waals surface area contributed by atoms with Crippen LogP contribution >= 0.6 is 8.58 Å². The maximum Gasteiger partial charge on any atom is 0.229 e. The topological polar surface area (TPSA) is 38.9 Å². The maximum absolute atomic E-state index is 5.44. The number of hydrogen-bond acceptors (Lipinski definition) is 3. The summed E-state index contributed by atoms with van der Waals surface area (Å²) in [5.41, 5.74) is 0. The van der Waals surface area contributed by atoms with Gasteiger partial charge in [0.15, 0.2) is 5.82 Å². The molecule has 21 heavy (non-hydrogen) atoms. The molecular formula is C16H22N2OPPd-. The minimum Gasteiger partial charge on any atom is -0.339 e. The molecule has 1 aromatic carbocycles. The summed E-state index contributed by atoms with van der Waals surface area (Å²) in [5, 5.41) is 5.27. The van der Waals surface area contributed by atoms with Crippen molar-refractivity contribution in [3.63, 3.8) is 0 Å². The molecule has 0 saturated carbocycles. The van der Waals surface area contributed by atoms with Gasteiger partial charge >= 0.3 is 0 Å². The second kappa shape index (κ2) is 8.18. The third-order valence-corrected chi connectivity index (χ3v) is 4.73. The smallest absolute Gasteiger partial charge is 0.229 e. The van der Waals surface area contributed by atoms with Crippen molar-refractivity contribution in [3.05, 3.63) is 42.0 Å². The third-order valence-electron chi connectivity index (χ3n) is 3.30. The van der Waals surface area contributed by atoms with E-state index in [2.05, 4.69) is 50.0 Å². The summed E-state index contributed by atoms with van der Waals surface area (Å²) in [6.45, 7) is 8.63. The summed E-state index contributed by atoms with van der Waals surface area (Å²) in [5.74, 6) is 1.89. The normalized spacial score (nSPS) is 13.3. The predicted octanol–water partition coefficient (Wildman–Crippen LogP) is 4.01. The molecule has 0 spiro atoms. The van der Waals surface area contributed by atoms with Crippen LogP contribution in [-0.4, -0.2) is 10.1 Å². The SMILES string of the molecule is CCCC(C)c1nc(C(C)(C)Pc2[c-]cccc2)no1.[Pd]. The summed E-state index contributed by atoms with van der Waals surface area (Å²) < 4.78 is 5.44. The van der Waals surface area contributed by atoms with Crippen molar-refractivity contribution >= 4 is 13.9 Å². The van der Waals surface area contributed by atoms with Gasteiger partial charge in [-0.05, 0) is 20.3 Å². The minimum atomic E-state index is -0.120. The van der Waals surface area contributed by atoms with Gasteiger partial charge in [0, 0.05) is 31.5 Å². The molecule has 0 aliphatic rings. The van der Waals surface area contributed by atoms with E-state index in [-0.39, 0.29) is 25.6 Å². The van der Waals surface area contributed by atoms with E-state index in [9.17, 15) is 0 Å². The molecule has 118 valence electrons. The zero-order chi connectivity index (χ0) is 14.6. The molecule has 0 aliphatic carbocycles. The molecule has 3 nitrogen and oxygen atoms in total. The fraction of sp³-hybridized carbons (Fsp3) is 0.500. The van der Waals surface area contributed by atoms with E-state index in [1.54, 1.807) is 0 Å². The maximum atomic E-state index is 5.44. The van der Waals surface area contributed by atoms with E-state index < -0.39 is 0 Å². The Morgan fingerprint density at radius 1 is 1.38 bits per heavy atom. The fourth-order valence-electron chi connectivity index (χ4n) is 2.11. The molecule has 0 radical (unpaired) electrons. The van der Waals surface area contributed by atoms with Gasteiger partial charge in [-0.3, -0.25) is 0 Å². The van der Waals surface area contributed by atoms with E-state index in [1.165, 1.54) is 5.30 Å². The second-order valence-electron chi connectivity index (χ2n) is 5.67. The quantitative estimate of drug-likeness (QED) is 0.421. The van der Waals surface area contributed by atoms with E-state index in [0.29, 0.717) is 14.5 Å². The summed E-state index contributed by atoms with van der Waals surface area (Å²) in [7, 11) is 0.576. The first-order chi connectivity index (χ1) is 9.53. The summed E-state index contributed by atoms with van der Waals surface area (Å²) in [6, 6.07) is 11.3. The van der Waals surface area contributed by atoms with Crippen molar-refractivity contribution in [1.29, 1.82) is 0 Å². The molecule has 2 unspecified atom stereocenters. The summed E-state index contributed by atoms with van der Waals surface area (Å²) in [4.78, 5) is 4.61. The van der Waals surface area contributed by atoms with Crippen molar-refractivity contribution in [2.45, 2.75) is 51.6 Å². The van der Waals surface area contributed by atoms with Crippen molar-refractivity contribution in [2.75, 3.05) is 0 Å². The van der Waals surface area contributed by atoms with E-state index in [1.807, 2.05) is 18.2 Å². The zero-order valence-corrected chi connectivity index (χ0v) is 15.5. The number of benzene rings is 1. The average molecular weight is 396 g/mol. The van der Waals surface area contributed by atoms with Crippen molar-refractivity contribution in [1.82, 2.24) is 10.1 Å². The monoisotopic (exact) mass is 395 g/mol. The molecule has 0 fully saturated rings. The standard InChI is InChI=1S/C16H22N2OP.Pd/c1-5-9-12(2)14-17-15(18-19-14)16(3,4)20-13-10-7-6-8-11-13;/h6-8,10,12,20H,5,9H2,1-4H3;/q-1;. The Morgan fingerprint density at radius 3 is 2.76 bits per heavy atom. The molecule has 0 N–H and O–H groups in total. The van der Waals surface area contributed by atoms with Crippen LogP contribution in [0.25, 0.3) is 0 Å². The van der Waals surface area contributed by atoms with Crippen molar-refractivity contribution in [2.24, 2.45) is 0 Å². The van der Waals surface area contributed by atoms with Crippen LogP contribution in [0.3, 0.4) is 0 Å². The van der Waals surface area contributed by atoms with Crippen LogP contribution in [0.15, 0.2) is 28.8 Å². The van der Waals surface area contributed by atoms with Crippen molar-refractivity contribution < 1.29 is 24.9 Å². The Kier molecular flexibility index (Phi) is 7.21. The Labute approximate surface area is 142 Å². The van der Waals surface area contributed by atoms with Crippen LogP contribution in [0.4, 0.5) is 0 Å². The Balaban J connectivity index is 0.00000220. The Morgan fingerprint density at radius 2 is 2.14 bits per heavy atom. The Hall–Kier alpha value is -0.548. The van der Waals surface area contributed by atoms with Gasteiger partial charge in [-0.25, -0.2) is 0 Å². The largest absolute Gasteiger partial charge is 0.339 e. The van der Waals surface area contributed by atoms with Gasteiger partial charge in [0.2, 0.25) is 5.89 Å². The first kappa shape index (κ1) is 18.5. The fourth-order valence-corrected chi connectivity index (χ4v) is 3.33. The van der Waals surface area contributed by atoms with Gasteiger partial charge in [0.05, 0.1) is 0 Å². The van der Waals surface area contributed by atoms with Crippen LogP contribution < -0.4 is 5.30 Å². The van der Waals surface area contributed by atoms with E-state index in [0.717, 1.165) is 24.6 Å². The van der Waals surface area contributed by atoms with Crippen LogP contribution in [0.5, 0.6) is 0 Å². The van der Waals surface area contributed by atoms with Gasteiger partial charge in [-0.1, -0.05) is 25.4 Å². The molecule has 2 aromatic rings. The van der Waals surface area contributed by atoms with Gasteiger partial charge < -0.3 is 4.52 Å². The van der Waals surface area contributed by atoms with Gasteiger partial charge in [-0.2, -0.15) is 35.3 Å². The van der Waals surface area contributed by atoms with Gasteiger partial charge in [0.25, 0.3) is 0 Å². The molecule has 0 saturated heterocycles. The average Bonchev–Trinajstić information content (AvgIpc) is 2.90. The number of hydrogen-bond donors (Lipinski definition) is 0. The van der Waals surface area contributed by atoms with Crippen LogP contribution in [-0.2, 0) is 25.6 Å². The minimum absolute atomic E-state index is 0. The predicted molar refractivity (Wildman–Crippen MR) is 83.9 cm³/mol. The van der Waals surface area contributed by atoms with Gasteiger partial charge in [-0.15, -0.1) is 13.9 Å². The van der Waals surface area contributed by atoms with Gasteiger partial charge in [0.1, 0.15) is 0 Å². The first-order valence-corrected chi connectivity index (χ1v) is 8.12. The first-order valence-electron chi connectivity index (χ1n) is 7.12. The van der Waals surface area contributed by atoms with Crippen LogP contribution in [0.2, 0.25) is 0 Å². The third kappa shape index (κ3) is 4.99. The molecule has 5 heteroatoms. The van der Waals surface area contributed by atoms with Crippen LogP contribution in [0.1, 0.15) is 58.2 Å². The number of nitrogens with zero attached hydrogens (tertiary/aromatic N) is 2. The van der Waals surface area contributed by atoms with E-state index >= 15 is 0 Å². The molecule has 2 rings (SSSR count). The molecular weight excluding hydrogens is 374 g/mol. The molecule has 1 aromatic heterocycles. The van der Waals surface area contributed by atoms with E-state index in [4.69, 9.17) is 4.52 Å². The zero-order valence-electron chi connectivity index (χ0n) is 12.9. The summed E-state index contributed by atoms with van der Waals surface area (Å²) >= 11 is 0. The number of rotatable bonds is 6. The molecule has 2 atom stereocenters. The Bertz CT molecular complexity index is 542. The van der Waals surface area contributed by atoms with Crippen molar-refractivity contribution in [3.8, 4) is 0 Å².